The Morgan fingerprint density at radius 3 is 3.16 bits per heavy atom. The summed E-state index contributed by atoms with van der Waals surface area (Å²) < 4.78 is 4.82. The summed E-state index contributed by atoms with van der Waals surface area (Å²) in [5, 5.41) is 4.89. The smallest absolute Gasteiger partial charge is 0.307 e. The zero-order valence-electron chi connectivity index (χ0n) is 11.1. The number of rotatable bonds is 5. The number of nitrogens with one attached hydrogen (secondary N) is 1. The molecule has 1 aromatic rings. The van der Waals surface area contributed by atoms with Crippen molar-refractivity contribution in [2.45, 2.75) is 38.5 Å². The molecule has 0 radical (unpaired) electrons. The van der Waals surface area contributed by atoms with E-state index in [2.05, 4.69) is 16.8 Å². The molecule has 4 nitrogen and oxygen atoms in total. The number of aryl methyl sites for hydroxylation is 1. The van der Waals surface area contributed by atoms with Crippen molar-refractivity contribution in [2.24, 2.45) is 0 Å². The lowest BCUT2D eigenvalue weighted by molar-refractivity contribution is -0.143. The number of esters is 1. The number of ether oxygens (including phenoxy) is 1. The first kappa shape index (κ1) is 14.1. The maximum Gasteiger partial charge on any atom is 0.307 e. The van der Waals surface area contributed by atoms with Gasteiger partial charge in [-0.15, -0.1) is 11.3 Å². The Balaban J connectivity index is 1.83. The van der Waals surface area contributed by atoms with E-state index in [1.807, 2.05) is 0 Å². The second kappa shape index (κ2) is 6.70. The van der Waals surface area contributed by atoms with E-state index in [1.165, 1.54) is 10.4 Å². The van der Waals surface area contributed by atoms with E-state index in [1.54, 1.807) is 18.3 Å². The third kappa shape index (κ3) is 3.56. The molecule has 0 saturated heterocycles. The van der Waals surface area contributed by atoms with E-state index in [4.69, 9.17) is 4.74 Å². The summed E-state index contributed by atoms with van der Waals surface area (Å²) in [6.07, 6.45) is 3.28. The molecule has 1 aliphatic rings. The van der Waals surface area contributed by atoms with Crippen LogP contribution in [0.15, 0.2) is 11.4 Å². The molecule has 2 rings (SSSR count). The van der Waals surface area contributed by atoms with Gasteiger partial charge in [-0.1, -0.05) is 0 Å². The van der Waals surface area contributed by atoms with E-state index in [9.17, 15) is 9.59 Å². The Labute approximate surface area is 117 Å². The molecule has 0 aromatic carbocycles. The van der Waals surface area contributed by atoms with E-state index in [0.29, 0.717) is 13.2 Å². The molecule has 0 spiro atoms. The average molecular weight is 281 g/mol. The maximum atomic E-state index is 12.1. The standard InChI is InChI=1S/C14H19NO3S/c1-2-18-13(16)6-8-15-14(17)11-4-3-5-12-10(11)7-9-19-12/h7,9,11H,2-6,8H2,1H3,(H,15,17). The fraction of sp³-hybridized carbons (Fsp3) is 0.571. The highest BCUT2D eigenvalue weighted by molar-refractivity contribution is 7.10. The summed E-state index contributed by atoms with van der Waals surface area (Å²) in [5.41, 5.74) is 1.17. The Hall–Kier alpha value is -1.36. The second-order valence-corrected chi connectivity index (χ2v) is 5.59. The number of carbonyl (C=O) groups excluding carboxylic acids is 2. The van der Waals surface area contributed by atoms with Crippen LogP contribution in [-0.2, 0) is 20.7 Å². The minimum Gasteiger partial charge on any atom is -0.466 e. The molecule has 1 aromatic heterocycles. The fourth-order valence-electron chi connectivity index (χ4n) is 2.40. The van der Waals surface area contributed by atoms with Crippen molar-refractivity contribution in [3.63, 3.8) is 0 Å². The number of hydrogen-bond donors (Lipinski definition) is 1. The molecular weight excluding hydrogens is 262 g/mol. The van der Waals surface area contributed by atoms with Crippen LogP contribution < -0.4 is 5.32 Å². The molecule has 1 aliphatic carbocycles. The third-order valence-electron chi connectivity index (χ3n) is 3.30. The van der Waals surface area contributed by atoms with Crippen molar-refractivity contribution in [3.05, 3.63) is 21.9 Å². The van der Waals surface area contributed by atoms with Gasteiger partial charge in [0.1, 0.15) is 0 Å². The Morgan fingerprint density at radius 2 is 2.37 bits per heavy atom. The number of carbonyl (C=O) groups is 2. The highest BCUT2D eigenvalue weighted by atomic mass is 32.1. The highest BCUT2D eigenvalue weighted by Crippen LogP contribution is 2.34. The lowest BCUT2D eigenvalue weighted by atomic mass is 9.87. The Morgan fingerprint density at radius 1 is 1.53 bits per heavy atom. The van der Waals surface area contributed by atoms with Gasteiger partial charge >= 0.3 is 5.97 Å². The number of amides is 1. The van der Waals surface area contributed by atoms with Gasteiger partial charge < -0.3 is 10.1 Å². The predicted octanol–water partition coefficient (Wildman–Crippen LogP) is 2.24. The molecule has 0 saturated carbocycles. The molecule has 104 valence electrons. The van der Waals surface area contributed by atoms with E-state index in [0.717, 1.165) is 19.3 Å². The van der Waals surface area contributed by atoms with Crippen molar-refractivity contribution < 1.29 is 14.3 Å². The monoisotopic (exact) mass is 281 g/mol. The molecule has 1 N–H and O–H groups in total. The molecule has 0 aliphatic heterocycles. The summed E-state index contributed by atoms with van der Waals surface area (Å²) in [5.74, 6) is -0.275. The van der Waals surface area contributed by atoms with Crippen LogP contribution in [-0.4, -0.2) is 25.0 Å². The zero-order chi connectivity index (χ0) is 13.7. The molecular formula is C14H19NO3S. The Kier molecular flexibility index (Phi) is 4.96. The summed E-state index contributed by atoms with van der Waals surface area (Å²) in [4.78, 5) is 24.7. The first-order valence-corrected chi connectivity index (χ1v) is 7.60. The van der Waals surface area contributed by atoms with Gasteiger partial charge in [0.2, 0.25) is 5.91 Å². The van der Waals surface area contributed by atoms with Crippen LogP contribution in [0.25, 0.3) is 0 Å². The molecule has 0 bridgehead atoms. The molecule has 1 atom stereocenters. The molecule has 5 heteroatoms. The SMILES string of the molecule is CCOC(=O)CCNC(=O)C1CCCc2sccc21. The predicted molar refractivity (Wildman–Crippen MR) is 74.3 cm³/mol. The van der Waals surface area contributed by atoms with Crippen molar-refractivity contribution in [1.82, 2.24) is 5.32 Å². The highest BCUT2D eigenvalue weighted by Gasteiger charge is 2.26. The number of thiophene rings is 1. The van der Waals surface area contributed by atoms with Crippen LogP contribution in [0.3, 0.4) is 0 Å². The summed E-state index contributed by atoms with van der Waals surface area (Å²) in [6.45, 7) is 2.51. The van der Waals surface area contributed by atoms with Gasteiger partial charge in [0, 0.05) is 11.4 Å². The van der Waals surface area contributed by atoms with Crippen LogP contribution in [0.4, 0.5) is 0 Å². The van der Waals surface area contributed by atoms with E-state index < -0.39 is 0 Å². The molecule has 1 heterocycles. The van der Waals surface area contributed by atoms with Crippen LogP contribution in [0, 0.1) is 0 Å². The van der Waals surface area contributed by atoms with Gasteiger partial charge in [-0.3, -0.25) is 9.59 Å². The normalized spacial score (nSPS) is 17.6. The summed E-state index contributed by atoms with van der Waals surface area (Å²) in [6, 6.07) is 2.05. The van der Waals surface area contributed by atoms with Crippen LogP contribution >= 0.6 is 11.3 Å². The minimum absolute atomic E-state index is 0.0312. The van der Waals surface area contributed by atoms with Gasteiger partial charge in [-0.25, -0.2) is 0 Å². The minimum atomic E-state index is -0.261. The largest absolute Gasteiger partial charge is 0.466 e. The Bertz CT molecular complexity index is 455. The lowest BCUT2D eigenvalue weighted by Gasteiger charge is -2.21. The van der Waals surface area contributed by atoms with Gasteiger partial charge in [0.25, 0.3) is 0 Å². The van der Waals surface area contributed by atoms with Gasteiger partial charge in [0.05, 0.1) is 18.9 Å². The molecule has 1 amide bonds. The van der Waals surface area contributed by atoms with Crippen molar-refractivity contribution >= 4 is 23.2 Å². The van der Waals surface area contributed by atoms with Crippen molar-refractivity contribution in [3.8, 4) is 0 Å². The summed E-state index contributed by atoms with van der Waals surface area (Å²) >= 11 is 1.73. The van der Waals surface area contributed by atoms with Gasteiger partial charge in [0.15, 0.2) is 0 Å². The van der Waals surface area contributed by atoms with Crippen molar-refractivity contribution in [1.29, 1.82) is 0 Å². The molecule has 1 unspecified atom stereocenters. The average Bonchev–Trinajstić information content (AvgIpc) is 2.86. The topological polar surface area (TPSA) is 55.4 Å². The third-order valence-corrected chi connectivity index (χ3v) is 4.30. The first-order valence-electron chi connectivity index (χ1n) is 6.72. The van der Waals surface area contributed by atoms with Crippen LogP contribution in [0.5, 0.6) is 0 Å². The maximum absolute atomic E-state index is 12.1. The lowest BCUT2D eigenvalue weighted by Crippen LogP contribution is -2.32. The number of hydrogen-bond acceptors (Lipinski definition) is 4. The van der Waals surface area contributed by atoms with Crippen LogP contribution in [0.2, 0.25) is 0 Å². The fourth-order valence-corrected chi connectivity index (χ4v) is 3.39. The first-order chi connectivity index (χ1) is 9.22. The molecule has 19 heavy (non-hydrogen) atoms. The summed E-state index contributed by atoms with van der Waals surface area (Å²) in [7, 11) is 0. The quantitative estimate of drug-likeness (QED) is 0.842. The second-order valence-electron chi connectivity index (χ2n) is 4.59. The van der Waals surface area contributed by atoms with E-state index >= 15 is 0 Å². The van der Waals surface area contributed by atoms with Gasteiger partial charge in [-0.05, 0) is 43.2 Å². The van der Waals surface area contributed by atoms with Crippen LogP contribution in [0.1, 0.15) is 42.5 Å². The zero-order valence-corrected chi connectivity index (χ0v) is 11.9. The number of fused-ring (bicyclic) bond motifs is 1. The van der Waals surface area contributed by atoms with Gasteiger partial charge in [-0.2, -0.15) is 0 Å². The van der Waals surface area contributed by atoms with E-state index in [-0.39, 0.29) is 24.2 Å². The van der Waals surface area contributed by atoms with Crippen molar-refractivity contribution in [2.75, 3.05) is 13.2 Å². The molecule has 0 fully saturated rings.